The van der Waals surface area contributed by atoms with Crippen LogP contribution in [0.5, 0.6) is 5.75 Å². The maximum atomic E-state index is 11.7. The molecule has 0 radical (unpaired) electrons. The molecule has 0 aromatic heterocycles. The van der Waals surface area contributed by atoms with Crippen molar-refractivity contribution in [2.45, 2.75) is 85.0 Å². The second-order valence-electron chi connectivity index (χ2n) is 6.94. The van der Waals surface area contributed by atoms with E-state index in [1.165, 1.54) is 64.9 Å². The fraction of sp³-hybridized carbons (Fsp3) is 0.682. The van der Waals surface area contributed by atoms with E-state index in [0.717, 1.165) is 23.3 Å². The Labute approximate surface area is 154 Å². The zero-order chi connectivity index (χ0) is 18.5. The number of aryl methyl sites for hydroxylation is 1. The number of unbranched alkanes of at least 4 members (excludes halogenated alkanes) is 9. The van der Waals surface area contributed by atoms with Gasteiger partial charge in [-0.05, 0) is 43.5 Å². The van der Waals surface area contributed by atoms with Crippen LogP contribution in [-0.4, -0.2) is 19.7 Å². The Morgan fingerprint density at radius 1 is 0.880 bits per heavy atom. The second kappa shape index (κ2) is 12.8. The van der Waals surface area contributed by atoms with Crippen molar-refractivity contribution >= 4 is 5.97 Å². The first-order valence-electron chi connectivity index (χ1n) is 9.92. The third kappa shape index (κ3) is 8.42. The van der Waals surface area contributed by atoms with Crippen molar-refractivity contribution < 1.29 is 14.3 Å². The summed E-state index contributed by atoms with van der Waals surface area (Å²) in [6.45, 7) is 7.00. The van der Waals surface area contributed by atoms with Gasteiger partial charge in [-0.1, -0.05) is 64.7 Å². The normalized spacial score (nSPS) is 10.7. The summed E-state index contributed by atoms with van der Waals surface area (Å²) in [5.41, 5.74) is 2.71. The summed E-state index contributed by atoms with van der Waals surface area (Å²) in [6.07, 6.45) is 13.1. The topological polar surface area (TPSA) is 35.5 Å². The number of carbonyl (C=O) groups excluding carboxylic acids is 1. The molecule has 0 aliphatic carbocycles. The molecule has 1 rings (SSSR count). The van der Waals surface area contributed by atoms with Crippen LogP contribution in [-0.2, 0) is 4.74 Å². The second-order valence-corrected chi connectivity index (χ2v) is 6.94. The zero-order valence-corrected chi connectivity index (χ0v) is 16.7. The van der Waals surface area contributed by atoms with E-state index in [2.05, 4.69) is 6.92 Å². The van der Waals surface area contributed by atoms with Crippen LogP contribution in [0.25, 0.3) is 0 Å². The number of hydrogen-bond acceptors (Lipinski definition) is 3. The minimum absolute atomic E-state index is 0.313. The van der Waals surface area contributed by atoms with Gasteiger partial charge < -0.3 is 9.47 Å². The molecular formula is C22H36O3. The molecule has 25 heavy (non-hydrogen) atoms. The predicted octanol–water partition coefficient (Wildman–Crippen LogP) is 6.39. The van der Waals surface area contributed by atoms with Crippen LogP contribution in [0.15, 0.2) is 12.1 Å². The van der Waals surface area contributed by atoms with Crippen LogP contribution in [0.3, 0.4) is 0 Å². The van der Waals surface area contributed by atoms with Crippen molar-refractivity contribution in [2.75, 3.05) is 13.7 Å². The molecule has 0 saturated carbocycles. The molecule has 0 amide bonds. The molecule has 0 atom stereocenters. The first-order chi connectivity index (χ1) is 12.1. The van der Waals surface area contributed by atoms with E-state index in [9.17, 15) is 4.79 Å². The van der Waals surface area contributed by atoms with Gasteiger partial charge in [-0.2, -0.15) is 0 Å². The third-order valence-electron chi connectivity index (χ3n) is 4.80. The van der Waals surface area contributed by atoms with Crippen molar-refractivity contribution in [3.8, 4) is 5.75 Å². The van der Waals surface area contributed by atoms with Crippen molar-refractivity contribution in [2.24, 2.45) is 0 Å². The van der Waals surface area contributed by atoms with Gasteiger partial charge in [0.05, 0.1) is 19.3 Å². The van der Waals surface area contributed by atoms with E-state index in [1.807, 2.05) is 19.9 Å². The van der Waals surface area contributed by atoms with Crippen LogP contribution in [0.4, 0.5) is 0 Å². The summed E-state index contributed by atoms with van der Waals surface area (Å²) in [5.74, 6) is 0.489. The molecule has 3 heteroatoms. The first-order valence-corrected chi connectivity index (χ1v) is 9.92. The summed E-state index contributed by atoms with van der Waals surface area (Å²) in [6, 6.07) is 3.65. The molecule has 0 aliphatic heterocycles. The van der Waals surface area contributed by atoms with Gasteiger partial charge in [-0.25, -0.2) is 4.79 Å². The van der Waals surface area contributed by atoms with E-state index >= 15 is 0 Å². The Kier molecular flexibility index (Phi) is 11.0. The summed E-state index contributed by atoms with van der Waals surface area (Å²) < 4.78 is 10.7. The Hall–Kier alpha value is -1.51. The van der Waals surface area contributed by atoms with Crippen LogP contribution in [0.2, 0.25) is 0 Å². The molecule has 0 bridgehead atoms. The van der Waals surface area contributed by atoms with Crippen LogP contribution in [0.1, 0.15) is 92.6 Å². The number of methoxy groups -OCH3 is 1. The van der Waals surface area contributed by atoms with E-state index in [4.69, 9.17) is 9.47 Å². The lowest BCUT2D eigenvalue weighted by atomic mass is 10.0. The highest BCUT2D eigenvalue weighted by atomic mass is 16.5. The molecular weight excluding hydrogens is 312 g/mol. The van der Waals surface area contributed by atoms with E-state index in [0.29, 0.717) is 12.2 Å². The number of ether oxygens (including phenoxy) is 2. The van der Waals surface area contributed by atoms with E-state index < -0.39 is 0 Å². The van der Waals surface area contributed by atoms with Gasteiger partial charge in [0.25, 0.3) is 0 Å². The highest BCUT2D eigenvalue weighted by Crippen LogP contribution is 2.24. The lowest BCUT2D eigenvalue weighted by Gasteiger charge is -2.13. The molecule has 1 aromatic rings. The fourth-order valence-corrected chi connectivity index (χ4v) is 2.98. The highest BCUT2D eigenvalue weighted by Gasteiger charge is 2.11. The summed E-state index contributed by atoms with van der Waals surface area (Å²) in [7, 11) is 1.40. The minimum Gasteiger partial charge on any atom is -0.493 e. The molecule has 3 nitrogen and oxygen atoms in total. The summed E-state index contributed by atoms with van der Waals surface area (Å²) >= 11 is 0. The van der Waals surface area contributed by atoms with Crippen molar-refractivity contribution in [1.29, 1.82) is 0 Å². The molecule has 0 spiro atoms. The average Bonchev–Trinajstić information content (AvgIpc) is 2.62. The van der Waals surface area contributed by atoms with E-state index in [1.54, 1.807) is 6.07 Å². The molecule has 0 saturated heterocycles. The van der Waals surface area contributed by atoms with Gasteiger partial charge in [0.1, 0.15) is 5.75 Å². The quantitative estimate of drug-likeness (QED) is 0.306. The largest absolute Gasteiger partial charge is 0.493 e. The first kappa shape index (κ1) is 21.5. The van der Waals surface area contributed by atoms with Crippen LogP contribution >= 0.6 is 0 Å². The SMILES string of the molecule is CCCCCCCCCCCCOc1cc(C(=O)OC)cc(C)c1C. The van der Waals surface area contributed by atoms with Crippen molar-refractivity contribution in [3.05, 3.63) is 28.8 Å². The third-order valence-corrected chi connectivity index (χ3v) is 4.80. The number of benzene rings is 1. The average molecular weight is 349 g/mol. The monoisotopic (exact) mass is 348 g/mol. The molecule has 0 fully saturated rings. The number of rotatable bonds is 13. The Morgan fingerprint density at radius 3 is 2.00 bits per heavy atom. The van der Waals surface area contributed by atoms with Gasteiger partial charge in [0.15, 0.2) is 0 Å². The Morgan fingerprint density at radius 2 is 1.44 bits per heavy atom. The van der Waals surface area contributed by atoms with Gasteiger partial charge >= 0.3 is 5.97 Å². The maximum Gasteiger partial charge on any atom is 0.337 e. The summed E-state index contributed by atoms with van der Waals surface area (Å²) in [5, 5.41) is 0. The van der Waals surface area contributed by atoms with Gasteiger partial charge in [-0.15, -0.1) is 0 Å². The molecule has 0 heterocycles. The molecule has 0 N–H and O–H groups in total. The standard InChI is InChI=1S/C22H36O3/c1-5-6-7-8-9-10-11-12-13-14-15-25-21-17-20(22(23)24-4)16-18(2)19(21)3/h16-17H,5-15H2,1-4H3. The maximum absolute atomic E-state index is 11.7. The van der Waals surface area contributed by atoms with Gasteiger partial charge in [0, 0.05) is 0 Å². The fourth-order valence-electron chi connectivity index (χ4n) is 2.98. The van der Waals surface area contributed by atoms with Gasteiger partial charge in [-0.3, -0.25) is 0 Å². The number of esters is 1. The lowest BCUT2D eigenvalue weighted by Crippen LogP contribution is -2.05. The molecule has 142 valence electrons. The molecule has 0 aliphatic rings. The lowest BCUT2D eigenvalue weighted by molar-refractivity contribution is 0.0600. The smallest absolute Gasteiger partial charge is 0.337 e. The van der Waals surface area contributed by atoms with Crippen LogP contribution < -0.4 is 4.74 Å². The van der Waals surface area contributed by atoms with E-state index in [-0.39, 0.29) is 5.97 Å². The molecule has 1 aromatic carbocycles. The molecule has 0 unspecified atom stereocenters. The van der Waals surface area contributed by atoms with Crippen LogP contribution in [0, 0.1) is 13.8 Å². The Bertz CT molecular complexity index is 508. The summed E-state index contributed by atoms with van der Waals surface area (Å²) in [4.78, 5) is 11.7. The van der Waals surface area contributed by atoms with Crippen molar-refractivity contribution in [1.82, 2.24) is 0 Å². The van der Waals surface area contributed by atoms with Gasteiger partial charge in [0.2, 0.25) is 0 Å². The number of hydrogen-bond donors (Lipinski definition) is 0. The predicted molar refractivity (Wildman–Crippen MR) is 105 cm³/mol. The number of carbonyl (C=O) groups is 1. The minimum atomic E-state index is -0.313. The van der Waals surface area contributed by atoms with Crippen molar-refractivity contribution in [3.63, 3.8) is 0 Å². The Balaban J connectivity index is 2.21. The highest BCUT2D eigenvalue weighted by molar-refractivity contribution is 5.90. The zero-order valence-electron chi connectivity index (χ0n) is 16.7.